The molecule has 23 heavy (non-hydrogen) atoms. The van der Waals surface area contributed by atoms with Crippen molar-refractivity contribution in [3.05, 3.63) is 48.3 Å². The SMILES string of the molecule is Cc1cc(F)ccc1N1CCC(NCCCn2ccnc2)CC1. The third-order valence-corrected chi connectivity index (χ3v) is 4.58. The number of halogens is 1. The summed E-state index contributed by atoms with van der Waals surface area (Å²) in [6.45, 7) is 6.11. The maximum atomic E-state index is 13.2. The fourth-order valence-corrected chi connectivity index (χ4v) is 3.29. The van der Waals surface area contributed by atoms with Gasteiger partial charge in [-0.15, -0.1) is 0 Å². The minimum atomic E-state index is -0.152. The van der Waals surface area contributed by atoms with Crippen molar-refractivity contribution >= 4 is 5.69 Å². The smallest absolute Gasteiger partial charge is 0.123 e. The highest BCUT2D eigenvalue weighted by Crippen LogP contribution is 2.24. The lowest BCUT2D eigenvalue weighted by molar-refractivity contribution is 0.407. The highest BCUT2D eigenvalue weighted by molar-refractivity contribution is 5.53. The molecule has 2 aromatic rings. The van der Waals surface area contributed by atoms with Crippen molar-refractivity contribution in [2.75, 3.05) is 24.5 Å². The van der Waals surface area contributed by atoms with Crippen LogP contribution in [-0.4, -0.2) is 35.2 Å². The van der Waals surface area contributed by atoms with E-state index in [0.29, 0.717) is 6.04 Å². The number of benzene rings is 1. The molecule has 0 bridgehead atoms. The van der Waals surface area contributed by atoms with Gasteiger partial charge in [-0.25, -0.2) is 9.37 Å². The van der Waals surface area contributed by atoms with Gasteiger partial charge in [0.1, 0.15) is 5.82 Å². The van der Waals surface area contributed by atoms with E-state index in [-0.39, 0.29) is 5.82 Å². The number of rotatable bonds is 6. The standard InChI is InChI=1S/C18H25FN4/c1-15-13-16(19)3-4-18(15)23-10-5-17(6-11-23)21-7-2-9-22-12-8-20-14-22/h3-4,8,12-14,17,21H,2,5-7,9-11H2,1H3. The number of hydrogen-bond acceptors (Lipinski definition) is 3. The molecule has 0 radical (unpaired) electrons. The van der Waals surface area contributed by atoms with Crippen LogP contribution in [0, 0.1) is 12.7 Å². The fourth-order valence-electron chi connectivity index (χ4n) is 3.29. The molecule has 1 aliphatic heterocycles. The van der Waals surface area contributed by atoms with Gasteiger partial charge in [0.15, 0.2) is 0 Å². The Morgan fingerprint density at radius 3 is 2.83 bits per heavy atom. The molecule has 1 N–H and O–H groups in total. The highest BCUT2D eigenvalue weighted by Gasteiger charge is 2.19. The Labute approximate surface area is 137 Å². The van der Waals surface area contributed by atoms with Gasteiger partial charge >= 0.3 is 0 Å². The molecular weight excluding hydrogens is 291 g/mol. The summed E-state index contributed by atoms with van der Waals surface area (Å²) in [4.78, 5) is 6.43. The van der Waals surface area contributed by atoms with E-state index in [9.17, 15) is 4.39 Å². The zero-order chi connectivity index (χ0) is 16.1. The van der Waals surface area contributed by atoms with E-state index in [0.717, 1.165) is 51.0 Å². The van der Waals surface area contributed by atoms with Crippen LogP contribution in [0.2, 0.25) is 0 Å². The topological polar surface area (TPSA) is 33.1 Å². The number of anilines is 1. The first-order valence-corrected chi connectivity index (χ1v) is 8.42. The van der Waals surface area contributed by atoms with Gasteiger partial charge in [0.05, 0.1) is 6.33 Å². The third-order valence-electron chi connectivity index (χ3n) is 4.58. The summed E-state index contributed by atoms with van der Waals surface area (Å²) in [6, 6.07) is 5.68. The van der Waals surface area contributed by atoms with Gasteiger partial charge in [-0.1, -0.05) is 0 Å². The van der Waals surface area contributed by atoms with Crippen LogP contribution in [0.1, 0.15) is 24.8 Å². The monoisotopic (exact) mass is 316 g/mol. The number of aromatic nitrogens is 2. The van der Waals surface area contributed by atoms with Crippen LogP contribution in [0.3, 0.4) is 0 Å². The van der Waals surface area contributed by atoms with Gasteiger partial charge in [0.2, 0.25) is 0 Å². The van der Waals surface area contributed by atoms with Crippen molar-refractivity contribution < 1.29 is 4.39 Å². The molecule has 1 saturated heterocycles. The Kier molecular flexibility index (Phi) is 5.28. The first kappa shape index (κ1) is 16.0. The Hall–Kier alpha value is -1.88. The average Bonchev–Trinajstić information content (AvgIpc) is 3.06. The maximum Gasteiger partial charge on any atom is 0.123 e. The summed E-state index contributed by atoms with van der Waals surface area (Å²) in [5.74, 6) is -0.152. The number of imidazole rings is 1. The molecule has 0 spiro atoms. The number of hydrogen-bond donors (Lipinski definition) is 1. The average molecular weight is 316 g/mol. The molecule has 0 unspecified atom stereocenters. The summed E-state index contributed by atoms with van der Waals surface area (Å²) in [7, 11) is 0. The molecule has 3 rings (SSSR count). The summed E-state index contributed by atoms with van der Waals surface area (Å²) in [5, 5.41) is 3.66. The largest absolute Gasteiger partial charge is 0.371 e. The molecule has 2 heterocycles. The van der Waals surface area contributed by atoms with Gasteiger partial charge in [0, 0.05) is 43.8 Å². The second kappa shape index (κ2) is 7.59. The minimum absolute atomic E-state index is 0.152. The predicted molar refractivity (Wildman–Crippen MR) is 91.2 cm³/mol. The normalized spacial score (nSPS) is 16.0. The molecule has 0 amide bonds. The van der Waals surface area contributed by atoms with Crippen LogP contribution in [0.25, 0.3) is 0 Å². The lowest BCUT2D eigenvalue weighted by atomic mass is 10.0. The first-order chi connectivity index (χ1) is 11.2. The molecular formula is C18H25FN4. The Balaban J connectivity index is 1.40. The van der Waals surface area contributed by atoms with Gasteiger partial charge < -0.3 is 14.8 Å². The Morgan fingerprint density at radius 2 is 2.13 bits per heavy atom. The van der Waals surface area contributed by atoms with Crippen LogP contribution < -0.4 is 10.2 Å². The quantitative estimate of drug-likeness (QED) is 0.832. The van der Waals surface area contributed by atoms with Crippen molar-refractivity contribution in [2.24, 2.45) is 0 Å². The van der Waals surface area contributed by atoms with E-state index < -0.39 is 0 Å². The first-order valence-electron chi connectivity index (χ1n) is 8.42. The number of nitrogens with one attached hydrogen (secondary N) is 1. The molecule has 5 heteroatoms. The molecule has 0 atom stereocenters. The molecule has 1 aromatic carbocycles. The number of nitrogens with zero attached hydrogens (tertiary/aromatic N) is 3. The van der Waals surface area contributed by atoms with E-state index in [1.54, 1.807) is 12.1 Å². The maximum absolute atomic E-state index is 13.2. The van der Waals surface area contributed by atoms with Crippen LogP contribution in [-0.2, 0) is 6.54 Å². The van der Waals surface area contributed by atoms with Crippen molar-refractivity contribution in [2.45, 2.75) is 38.8 Å². The zero-order valence-corrected chi connectivity index (χ0v) is 13.7. The fraction of sp³-hybridized carbons (Fsp3) is 0.500. The molecule has 0 aliphatic carbocycles. The van der Waals surface area contributed by atoms with E-state index in [2.05, 4.69) is 19.8 Å². The molecule has 124 valence electrons. The summed E-state index contributed by atoms with van der Waals surface area (Å²) >= 11 is 0. The minimum Gasteiger partial charge on any atom is -0.371 e. The molecule has 1 aliphatic rings. The Bertz CT molecular complexity index is 603. The van der Waals surface area contributed by atoms with Crippen LogP contribution >= 0.6 is 0 Å². The van der Waals surface area contributed by atoms with Crippen LogP contribution in [0.15, 0.2) is 36.9 Å². The summed E-state index contributed by atoms with van der Waals surface area (Å²) < 4.78 is 15.3. The van der Waals surface area contributed by atoms with Crippen LogP contribution in [0.4, 0.5) is 10.1 Å². The van der Waals surface area contributed by atoms with Gasteiger partial charge in [-0.2, -0.15) is 0 Å². The van der Waals surface area contributed by atoms with Crippen molar-refractivity contribution in [1.82, 2.24) is 14.9 Å². The van der Waals surface area contributed by atoms with Crippen molar-refractivity contribution in [3.63, 3.8) is 0 Å². The zero-order valence-electron chi connectivity index (χ0n) is 13.7. The Morgan fingerprint density at radius 1 is 1.30 bits per heavy atom. The van der Waals surface area contributed by atoms with Gasteiger partial charge in [0.25, 0.3) is 0 Å². The summed E-state index contributed by atoms with van der Waals surface area (Å²) in [5.41, 5.74) is 2.20. The lowest BCUT2D eigenvalue weighted by Gasteiger charge is -2.35. The van der Waals surface area contributed by atoms with Crippen molar-refractivity contribution in [3.8, 4) is 0 Å². The van der Waals surface area contributed by atoms with E-state index in [1.807, 2.05) is 31.7 Å². The molecule has 1 aromatic heterocycles. The molecule has 1 fully saturated rings. The molecule has 0 saturated carbocycles. The third kappa shape index (κ3) is 4.32. The van der Waals surface area contributed by atoms with E-state index in [4.69, 9.17) is 0 Å². The second-order valence-electron chi connectivity index (χ2n) is 6.30. The van der Waals surface area contributed by atoms with Gasteiger partial charge in [-0.05, 0) is 56.5 Å². The second-order valence-corrected chi connectivity index (χ2v) is 6.30. The number of aryl methyl sites for hydroxylation is 2. The van der Waals surface area contributed by atoms with Crippen molar-refractivity contribution in [1.29, 1.82) is 0 Å². The van der Waals surface area contributed by atoms with E-state index in [1.165, 1.54) is 5.69 Å². The van der Waals surface area contributed by atoms with Gasteiger partial charge in [-0.3, -0.25) is 0 Å². The number of piperidine rings is 1. The molecule has 4 nitrogen and oxygen atoms in total. The van der Waals surface area contributed by atoms with E-state index >= 15 is 0 Å². The van der Waals surface area contributed by atoms with Crippen LogP contribution in [0.5, 0.6) is 0 Å². The highest BCUT2D eigenvalue weighted by atomic mass is 19.1. The predicted octanol–water partition coefficient (Wildman–Crippen LogP) is 2.98. The lowest BCUT2D eigenvalue weighted by Crippen LogP contribution is -2.43. The summed E-state index contributed by atoms with van der Waals surface area (Å²) in [6.07, 6.45) is 9.09.